The molecular formula is C32H46N2O2. The number of hydrogen-bond donors (Lipinski definition) is 2. The monoisotopic (exact) mass is 490 g/mol. The van der Waals surface area contributed by atoms with E-state index in [-0.39, 0.29) is 11.8 Å². The van der Waals surface area contributed by atoms with Crippen molar-refractivity contribution in [2.24, 2.45) is 0 Å². The molecule has 2 aromatic rings. The molecule has 4 heteroatoms. The van der Waals surface area contributed by atoms with Gasteiger partial charge in [-0.2, -0.15) is 0 Å². The Bertz CT molecular complexity index is 892. The summed E-state index contributed by atoms with van der Waals surface area (Å²) in [5.41, 5.74) is 1.85. The summed E-state index contributed by atoms with van der Waals surface area (Å²) in [4.78, 5) is 24.7. The Hall–Kier alpha value is -2.88. The van der Waals surface area contributed by atoms with Crippen molar-refractivity contribution in [3.05, 3.63) is 77.9 Å². The minimum Gasteiger partial charge on any atom is -0.385 e. The predicted octanol–water partition coefficient (Wildman–Crippen LogP) is 8.71. The summed E-state index contributed by atoms with van der Waals surface area (Å²) in [5, 5.41) is 5.86. The van der Waals surface area contributed by atoms with Crippen LogP contribution < -0.4 is 10.6 Å². The van der Waals surface area contributed by atoms with Gasteiger partial charge in [0.2, 0.25) is 0 Å². The Morgan fingerprint density at radius 3 is 1.86 bits per heavy atom. The highest BCUT2D eigenvalue weighted by Crippen LogP contribution is 2.13. The molecule has 2 aromatic carbocycles. The van der Waals surface area contributed by atoms with Gasteiger partial charge in [0, 0.05) is 23.4 Å². The molecule has 0 aliphatic rings. The lowest BCUT2D eigenvalue weighted by molar-refractivity contribution is 0.0849. The standard InChI is InChI=1S/C32H46N2O2/c1-2-3-4-5-6-7-8-9-10-11-12-13-14-15-16-20-26-33-30-25-21-24-29(27-30)32(36)34-31(35)28-22-18-17-19-23-28/h9-10,17-19,21-25,27,33H,2-8,11-16,20,26H2,1H3,(H,34,35,36). The van der Waals surface area contributed by atoms with Crippen molar-refractivity contribution in [3.8, 4) is 0 Å². The van der Waals surface area contributed by atoms with Crippen LogP contribution in [0, 0.1) is 0 Å². The van der Waals surface area contributed by atoms with Crippen molar-refractivity contribution >= 4 is 17.5 Å². The number of hydrogen-bond acceptors (Lipinski definition) is 3. The van der Waals surface area contributed by atoms with Gasteiger partial charge in [0.25, 0.3) is 11.8 Å². The van der Waals surface area contributed by atoms with Gasteiger partial charge in [0.05, 0.1) is 0 Å². The Labute approximate surface area is 219 Å². The van der Waals surface area contributed by atoms with E-state index in [1.807, 2.05) is 18.2 Å². The Balaban J connectivity index is 1.48. The molecule has 0 aliphatic heterocycles. The average Bonchev–Trinajstić information content (AvgIpc) is 2.91. The highest BCUT2D eigenvalue weighted by molar-refractivity contribution is 6.10. The first kappa shape index (κ1) is 29.4. The molecule has 0 spiro atoms. The van der Waals surface area contributed by atoms with E-state index in [1.54, 1.807) is 36.4 Å². The van der Waals surface area contributed by atoms with Crippen LogP contribution in [0.3, 0.4) is 0 Å². The number of unbranched alkanes of at least 4 members (excludes halogenated alkanes) is 12. The van der Waals surface area contributed by atoms with Gasteiger partial charge in [-0.1, -0.05) is 101 Å². The van der Waals surface area contributed by atoms with E-state index >= 15 is 0 Å². The highest BCUT2D eigenvalue weighted by atomic mass is 16.2. The minimum atomic E-state index is -0.386. The van der Waals surface area contributed by atoms with Gasteiger partial charge in [0.1, 0.15) is 0 Å². The van der Waals surface area contributed by atoms with E-state index in [0.29, 0.717) is 11.1 Å². The lowest BCUT2D eigenvalue weighted by atomic mass is 10.1. The van der Waals surface area contributed by atoms with Gasteiger partial charge < -0.3 is 5.32 Å². The molecule has 0 unspecified atom stereocenters. The van der Waals surface area contributed by atoms with Gasteiger partial charge in [-0.25, -0.2) is 0 Å². The topological polar surface area (TPSA) is 58.2 Å². The minimum absolute atomic E-state index is 0.384. The third-order valence-corrected chi connectivity index (χ3v) is 6.41. The van der Waals surface area contributed by atoms with Crippen LogP contribution in [0.25, 0.3) is 0 Å². The number of allylic oxidation sites excluding steroid dienone is 2. The van der Waals surface area contributed by atoms with E-state index in [4.69, 9.17) is 0 Å². The lowest BCUT2D eigenvalue weighted by Crippen LogP contribution is -2.30. The molecule has 2 amide bonds. The molecule has 0 aromatic heterocycles. The van der Waals surface area contributed by atoms with E-state index in [0.717, 1.165) is 18.7 Å². The maximum absolute atomic E-state index is 12.4. The molecule has 0 heterocycles. The summed E-state index contributed by atoms with van der Waals surface area (Å²) in [6.45, 7) is 3.15. The van der Waals surface area contributed by atoms with Crippen molar-refractivity contribution in [2.45, 2.75) is 96.8 Å². The normalized spacial score (nSPS) is 11.0. The van der Waals surface area contributed by atoms with Crippen molar-refractivity contribution in [1.29, 1.82) is 0 Å². The molecule has 0 saturated heterocycles. The fraction of sp³-hybridized carbons (Fsp3) is 0.500. The molecule has 4 nitrogen and oxygen atoms in total. The fourth-order valence-corrected chi connectivity index (χ4v) is 4.21. The predicted molar refractivity (Wildman–Crippen MR) is 153 cm³/mol. The number of imide groups is 1. The number of amides is 2. The number of carbonyl (C=O) groups excluding carboxylic acids is 2. The first-order valence-electron chi connectivity index (χ1n) is 14.1. The van der Waals surface area contributed by atoms with Gasteiger partial charge in [0.15, 0.2) is 0 Å². The maximum Gasteiger partial charge on any atom is 0.258 e. The average molecular weight is 491 g/mol. The molecule has 0 fully saturated rings. The number of rotatable bonds is 19. The van der Waals surface area contributed by atoms with Crippen LogP contribution in [0.5, 0.6) is 0 Å². The third-order valence-electron chi connectivity index (χ3n) is 6.41. The molecule has 0 atom stereocenters. The lowest BCUT2D eigenvalue weighted by Gasteiger charge is -2.09. The van der Waals surface area contributed by atoms with Crippen molar-refractivity contribution < 1.29 is 9.59 Å². The van der Waals surface area contributed by atoms with E-state index in [2.05, 4.69) is 29.7 Å². The number of nitrogens with one attached hydrogen (secondary N) is 2. The number of anilines is 1. The van der Waals surface area contributed by atoms with E-state index in [9.17, 15) is 9.59 Å². The molecule has 0 bridgehead atoms. The summed E-state index contributed by atoms with van der Waals surface area (Å²) in [5.74, 6) is -0.770. The van der Waals surface area contributed by atoms with E-state index in [1.165, 1.54) is 83.5 Å². The molecule has 0 radical (unpaired) electrons. The van der Waals surface area contributed by atoms with Gasteiger partial charge >= 0.3 is 0 Å². The van der Waals surface area contributed by atoms with Crippen LogP contribution in [0.1, 0.15) is 118 Å². The van der Waals surface area contributed by atoms with Crippen molar-refractivity contribution in [2.75, 3.05) is 11.9 Å². The third kappa shape index (κ3) is 13.3. The summed E-state index contributed by atoms with van der Waals surface area (Å²) in [6, 6.07) is 16.1. The first-order chi connectivity index (χ1) is 17.7. The largest absolute Gasteiger partial charge is 0.385 e. The molecular weight excluding hydrogens is 444 g/mol. The maximum atomic E-state index is 12.4. The first-order valence-corrected chi connectivity index (χ1v) is 14.1. The van der Waals surface area contributed by atoms with Crippen LogP contribution in [0.2, 0.25) is 0 Å². The van der Waals surface area contributed by atoms with Crippen LogP contribution in [-0.2, 0) is 0 Å². The van der Waals surface area contributed by atoms with Gasteiger partial charge in [-0.15, -0.1) is 0 Å². The molecule has 0 aliphatic carbocycles. The molecule has 196 valence electrons. The molecule has 2 N–H and O–H groups in total. The number of benzene rings is 2. The summed E-state index contributed by atoms with van der Waals surface area (Å²) < 4.78 is 0. The molecule has 0 saturated carbocycles. The zero-order chi connectivity index (χ0) is 25.7. The van der Waals surface area contributed by atoms with Gasteiger partial charge in [-0.05, 0) is 62.4 Å². The zero-order valence-corrected chi connectivity index (χ0v) is 22.3. The molecule has 2 rings (SSSR count). The second-order valence-corrected chi connectivity index (χ2v) is 9.59. The second-order valence-electron chi connectivity index (χ2n) is 9.59. The highest BCUT2D eigenvalue weighted by Gasteiger charge is 2.12. The van der Waals surface area contributed by atoms with Gasteiger partial charge in [-0.3, -0.25) is 14.9 Å². The van der Waals surface area contributed by atoms with Crippen LogP contribution in [0.15, 0.2) is 66.7 Å². The second kappa shape index (κ2) is 19.3. The SMILES string of the molecule is CCCCCCCCC=CCCCCCCCCNc1cccc(C(=O)NC(=O)c2ccccc2)c1. The van der Waals surface area contributed by atoms with Crippen LogP contribution in [0.4, 0.5) is 5.69 Å². The van der Waals surface area contributed by atoms with Crippen molar-refractivity contribution in [3.63, 3.8) is 0 Å². The summed E-state index contributed by atoms with van der Waals surface area (Å²) >= 11 is 0. The molecule has 36 heavy (non-hydrogen) atoms. The number of carbonyl (C=O) groups is 2. The quantitative estimate of drug-likeness (QED) is 0.118. The summed E-state index contributed by atoms with van der Waals surface area (Å²) in [6.07, 6.45) is 23.0. The van der Waals surface area contributed by atoms with Crippen LogP contribution >= 0.6 is 0 Å². The Morgan fingerprint density at radius 2 is 1.19 bits per heavy atom. The van der Waals surface area contributed by atoms with Crippen LogP contribution in [-0.4, -0.2) is 18.4 Å². The Morgan fingerprint density at radius 1 is 0.639 bits per heavy atom. The van der Waals surface area contributed by atoms with Crippen molar-refractivity contribution in [1.82, 2.24) is 5.32 Å². The fourth-order valence-electron chi connectivity index (χ4n) is 4.21. The summed E-state index contributed by atoms with van der Waals surface area (Å²) in [7, 11) is 0. The zero-order valence-electron chi connectivity index (χ0n) is 22.3. The Kier molecular flexibility index (Phi) is 15.8. The smallest absolute Gasteiger partial charge is 0.258 e. The van der Waals surface area contributed by atoms with E-state index < -0.39 is 0 Å².